The topological polar surface area (TPSA) is 65.5 Å². The van der Waals surface area contributed by atoms with Gasteiger partial charge in [-0.3, -0.25) is 4.79 Å². The molecule has 0 aromatic heterocycles. The van der Waals surface area contributed by atoms with Crippen molar-refractivity contribution in [3.8, 4) is 0 Å². The normalized spacial score (nSPS) is 23.1. The van der Waals surface area contributed by atoms with Crippen molar-refractivity contribution >= 4 is 34.0 Å². The molecule has 0 spiro atoms. The molecule has 2 saturated heterocycles. The highest BCUT2D eigenvalue weighted by Gasteiger charge is 2.27. The van der Waals surface area contributed by atoms with Gasteiger partial charge in [-0.05, 0) is 57.4 Å². The van der Waals surface area contributed by atoms with Gasteiger partial charge in [-0.2, -0.15) is 0 Å². The van der Waals surface area contributed by atoms with E-state index < -0.39 is 10.8 Å². The van der Waals surface area contributed by atoms with Crippen LogP contribution in [0.4, 0.5) is 5.69 Å². The number of halogens is 1. The third-order valence-electron chi connectivity index (χ3n) is 5.97. The Morgan fingerprint density at radius 2 is 1.94 bits per heavy atom. The summed E-state index contributed by atoms with van der Waals surface area (Å²) in [6, 6.07) is 15.3. The standard InChI is InChI=1S/C23H28ClN4O3S/c1-26(2)19-10-11-28(15-19)32(30)25-18-8-9-20(21(24)14-18)23(29)27-12-13-31-22(16-27)17-6-4-3-5-7-17/h3-9,14,19,22H,10-13,15-16H2,1-2H3/q-1/t19-,22-/m1/s1. The van der Waals surface area contributed by atoms with Gasteiger partial charge in [0.2, 0.25) is 0 Å². The summed E-state index contributed by atoms with van der Waals surface area (Å²) in [5.41, 5.74) is 1.97. The van der Waals surface area contributed by atoms with Crippen LogP contribution in [0, 0.1) is 0 Å². The number of carbonyl (C=O) groups is 1. The molecular weight excluding hydrogens is 448 g/mol. The number of nitrogens with zero attached hydrogens (tertiary/aromatic N) is 4. The molecule has 7 nitrogen and oxygen atoms in total. The molecule has 9 heteroatoms. The number of carbonyl (C=O) groups excluding carboxylic acids is 1. The van der Waals surface area contributed by atoms with Crippen LogP contribution >= 0.6 is 11.6 Å². The highest BCUT2D eigenvalue weighted by molar-refractivity contribution is 7.72. The van der Waals surface area contributed by atoms with Gasteiger partial charge >= 0.3 is 0 Å². The second kappa shape index (κ2) is 10.3. The third-order valence-corrected chi connectivity index (χ3v) is 7.42. The molecule has 1 amide bonds. The molecule has 0 bridgehead atoms. The van der Waals surface area contributed by atoms with Crippen LogP contribution in [0.1, 0.15) is 28.4 Å². The average Bonchev–Trinajstić information content (AvgIpc) is 3.30. The van der Waals surface area contributed by atoms with Crippen molar-refractivity contribution in [1.82, 2.24) is 14.1 Å². The molecule has 2 heterocycles. The minimum absolute atomic E-state index is 0.139. The molecule has 2 aliphatic rings. The number of rotatable bonds is 5. The number of hydrogen-bond acceptors (Lipinski definition) is 6. The van der Waals surface area contributed by atoms with E-state index in [9.17, 15) is 9.00 Å². The number of amides is 1. The van der Waals surface area contributed by atoms with Crippen molar-refractivity contribution in [1.29, 1.82) is 0 Å². The molecule has 2 aliphatic heterocycles. The summed E-state index contributed by atoms with van der Waals surface area (Å²) in [5.74, 6) is -0.139. The minimum atomic E-state index is -1.48. The monoisotopic (exact) mass is 475 g/mol. The first kappa shape index (κ1) is 23.2. The van der Waals surface area contributed by atoms with Crippen LogP contribution in [0.2, 0.25) is 5.02 Å². The maximum atomic E-state index is 13.1. The average molecular weight is 476 g/mol. The predicted octanol–water partition coefficient (Wildman–Crippen LogP) is 3.88. The van der Waals surface area contributed by atoms with Crippen LogP contribution in [0.15, 0.2) is 52.9 Å². The minimum Gasteiger partial charge on any atom is -0.429 e. The van der Waals surface area contributed by atoms with E-state index in [1.165, 1.54) is 0 Å². The van der Waals surface area contributed by atoms with E-state index in [4.69, 9.17) is 16.3 Å². The summed E-state index contributed by atoms with van der Waals surface area (Å²) in [5, 5.41) is 0.309. The lowest BCUT2D eigenvalue weighted by atomic mass is 10.1. The fourth-order valence-corrected chi connectivity index (χ4v) is 5.26. The smallest absolute Gasteiger partial charge is 0.255 e. The SMILES string of the molecule is CN(C)[C@@H]1CCN([S-](=O)=Nc2ccc(C(=O)N3CCO[C@@H](c4ccccc4)C3)c(Cl)c2)C1. The molecule has 4 rings (SSSR count). The first-order chi connectivity index (χ1) is 15.4. The zero-order valence-corrected chi connectivity index (χ0v) is 19.9. The van der Waals surface area contributed by atoms with Crippen LogP contribution in [-0.2, 0) is 19.7 Å². The highest BCUT2D eigenvalue weighted by Crippen LogP contribution is 2.28. The maximum absolute atomic E-state index is 13.1. The van der Waals surface area contributed by atoms with Crippen molar-refractivity contribution in [3.63, 3.8) is 0 Å². The Hall–Kier alpha value is -1.97. The fraction of sp³-hybridized carbons (Fsp3) is 0.435. The van der Waals surface area contributed by atoms with Crippen LogP contribution in [0.3, 0.4) is 0 Å². The van der Waals surface area contributed by atoms with Gasteiger partial charge in [0.25, 0.3) is 5.91 Å². The lowest BCUT2D eigenvalue weighted by molar-refractivity contribution is -0.0228. The number of ether oxygens (including phenoxy) is 1. The Labute approximate surface area is 196 Å². The van der Waals surface area contributed by atoms with E-state index >= 15 is 0 Å². The van der Waals surface area contributed by atoms with E-state index in [2.05, 4.69) is 9.26 Å². The third kappa shape index (κ3) is 5.32. The first-order valence-electron chi connectivity index (χ1n) is 10.7. The van der Waals surface area contributed by atoms with Crippen molar-refractivity contribution in [2.24, 2.45) is 4.36 Å². The Bertz CT molecular complexity index is 1040. The van der Waals surface area contributed by atoms with Gasteiger partial charge < -0.3 is 27.4 Å². The van der Waals surface area contributed by atoms with Gasteiger partial charge in [0.05, 0.1) is 23.7 Å². The van der Waals surface area contributed by atoms with Crippen LogP contribution in [-0.4, -0.2) is 72.9 Å². The fourth-order valence-electron chi connectivity index (χ4n) is 4.03. The number of benzene rings is 2. The Balaban J connectivity index is 1.45. The van der Waals surface area contributed by atoms with Gasteiger partial charge in [-0.1, -0.05) is 41.9 Å². The second-order valence-electron chi connectivity index (χ2n) is 8.30. The Kier molecular flexibility index (Phi) is 7.48. The molecule has 0 unspecified atom stereocenters. The summed E-state index contributed by atoms with van der Waals surface area (Å²) >= 11 is 6.45. The van der Waals surface area contributed by atoms with Crippen LogP contribution in [0.5, 0.6) is 0 Å². The van der Waals surface area contributed by atoms with E-state index in [1.807, 2.05) is 48.7 Å². The van der Waals surface area contributed by atoms with Gasteiger partial charge in [0.15, 0.2) is 0 Å². The summed E-state index contributed by atoms with van der Waals surface area (Å²) in [7, 11) is 2.58. The predicted molar refractivity (Wildman–Crippen MR) is 126 cm³/mol. The zero-order chi connectivity index (χ0) is 22.7. The molecule has 2 atom stereocenters. The van der Waals surface area contributed by atoms with Crippen LogP contribution in [0.25, 0.3) is 0 Å². The zero-order valence-electron chi connectivity index (χ0n) is 18.3. The molecule has 0 saturated carbocycles. The van der Waals surface area contributed by atoms with Gasteiger partial charge in [0, 0.05) is 18.3 Å². The lowest BCUT2D eigenvalue weighted by Gasteiger charge is -2.33. The molecule has 0 radical (unpaired) electrons. The number of morpholine rings is 1. The van der Waals surface area contributed by atoms with Crippen molar-refractivity contribution in [2.45, 2.75) is 18.6 Å². The van der Waals surface area contributed by atoms with Crippen LogP contribution < -0.4 is 0 Å². The first-order valence-corrected chi connectivity index (χ1v) is 12.2. The highest BCUT2D eigenvalue weighted by atomic mass is 35.5. The molecule has 172 valence electrons. The molecule has 32 heavy (non-hydrogen) atoms. The molecular formula is C23H28ClN4O3S-. The van der Waals surface area contributed by atoms with E-state index in [1.54, 1.807) is 23.1 Å². The molecule has 0 aliphatic carbocycles. The summed E-state index contributed by atoms with van der Waals surface area (Å²) < 4.78 is 24.7. The van der Waals surface area contributed by atoms with E-state index in [0.29, 0.717) is 48.6 Å². The second-order valence-corrected chi connectivity index (χ2v) is 9.87. The lowest BCUT2D eigenvalue weighted by Crippen LogP contribution is -2.42. The summed E-state index contributed by atoms with van der Waals surface area (Å²) in [4.78, 5) is 17.0. The van der Waals surface area contributed by atoms with E-state index in [0.717, 1.165) is 18.5 Å². The largest absolute Gasteiger partial charge is 0.429 e. The van der Waals surface area contributed by atoms with Crippen molar-refractivity contribution < 1.29 is 13.7 Å². The van der Waals surface area contributed by atoms with Gasteiger partial charge in [-0.25, -0.2) is 0 Å². The molecule has 2 aromatic carbocycles. The maximum Gasteiger partial charge on any atom is 0.255 e. The quantitative estimate of drug-likeness (QED) is 0.615. The summed E-state index contributed by atoms with van der Waals surface area (Å²) in [6.07, 6.45) is 0.808. The number of likely N-dealkylation sites (N-methyl/N-ethyl adjacent to an activating group) is 1. The van der Waals surface area contributed by atoms with Crippen molar-refractivity contribution in [3.05, 3.63) is 64.7 Å². The summed E-state index contributed by atoms with van der Waals surface area (Å²) in [6.45, 7) is 2.91. The molecule has 2 fully saturated rings. The Morgan fingerprint density at radius 3 is 2.62 bits per heavy atom. The van der Waals surface area contributed by atoms with Gasteiger partial charge in [0.1, 0.15) is 6.10 Å². The van der Waals surface area contributed by atoms with Crippen molar-refractivity contribution in [2.75, 3.05) is 46.9 Å². The number of hydrogen-bond donors (Lipinski definition) is 0. The van der Waals surface area contributed by atoms with E-state index in [-0.39, 0.29) is 12.0 Å². The molecule has 0 N–H and O–H groups in total. The van der Waals surface area contributed by atoms with Gasteiger partial charge in [-0.15, -0.1) is 10.8 Å². The molecule has 2 aromatic rings. The Morgan fingerprint density at radius 1 is 1.16 bits per heavy atom.